The molecule has 0 spiro atoms. The Bertz CT molecular complexity index is 591. The molecule has 1 aromatic heterocycles. The molecule has 0 saturated heterocycles. The van der Waals surface area contributed by atoms with Crippen LogP contribution in [0.15, 0.2) is 34.8 Å². The average Bonchev–Trinajstić information content (AvgIpc) is 2.62. The predicted octanol–water partition coefficient (Wildman–Crippen LogP) is 4.51. The first kappa shape index (κ1) is 12.9. The van der Waals surface area contributed by atoms with E-state index in [9.17, 15) is 5.26 Å². The Morgan fingerprint density at radius 3 is 2.50 bits per heavy atom. The van der Waals surface area contributed by atoms with Gasteiger partial charge in [-0.15, -0.1) is 0 Å². The molecule has 2 aromatic rings. The van der Waals surface area contributed by atoms with E-state index in [1.54, 1.807) is 0 Å². The molecule has 1 aromatic carbocycles. The van der Waals surface area contributed by atoms with Crippen molar-refractivity contribution in [2.75, 3.05) is 0 Å². The monoisotopic (exact) mass is 302 g/mol. The van der Waals surface area contributed by atoms with E-state index in [4.69, 9.17) is 0 Å². The molecule has 0 aliphatic carbocycles. The van der Waals surface area contributed by atoms with Crippen LogP contribution in [0.4, 0.5) is 0 Å². The van der Waals surface area contributed by atoms with Crippen molar-refractivity contribution in [2.45, 2.75) is 26.8 Å². The lowest BCUT2D eigenvalue weighted by molar-refractivity contribution is 0.671. The highest BCUT2D eigenvalue weighted by Crippen LogP contribution is 2.35. The standard InChI is InChI=1S/C15H15BrN2/c1-3-9-18-11(2)13(10-17)14(16)15(18)12-7-5-4-6-8-12/h4-8H,3,9H2,1-2H3. The Hall–Kier alpha value is -1.53. The second kappa shape index (κ2) is 5.41. The lowest BCUT2D eigenvalue weighted by Gasteiger charge is -2.10. The van der Waals surface area contributed by atoms with Gasteiger partial charge in [-0.2, -0.15) is 5.26 Å². The molecule has 2 rings (SSSR count). The molecule has 0 fully saturated rings. The van der Waals surface area contributed by atoms with Gasteiger partial charge in [0.25, 0.3) is 0 Å². The number of nitrogens with zero attached hydrogens (tertiary/aromatic N) is 2. The number of benzene rings is 1. The largest absolute Gasteiger partial charge is 0.343 e. The van der Waals surface area contributed by atoms with Crippen LogP contribution in [0.25, 0.3) is 11.3 Å². The van der Waals surface area contributed by atoms with Gasteiger partial charge in [0.15, 0.2) is 0 Å². The fourth-order valence-corrected chi connectivity index (χ4v) is 3.03. The summed E-state index contributed by atoms with van der Waals surface area (Å²) < 4.78 is 3.12. The molecule has 0 N–H and O–H groups in total. The first-order valence-electron chi connectivity index (χ1n) is 6.04. The van der Waals surface area contributed by atoms with Crippen LogP contribution in [0.5, 0.6) is 0 Å². The Kier molecular flexibility index (Phi) is 3.88. The number of halogens is 1. The Morgan fingerprint density at radius 2 is 1.94 bits per heavy atom. The van der Waals surface area contributed by atoms with Crippen LogP contribution >= 0.6 is 15.9 Å². The van der Waals surface area contributed by atoms with Gasteiger partial charge >= 0.3 is 0 Å². The SMILES string of the molecule is CCCn1c(C)c(C#N)c(Br)c1-c1ccccc1. The summed E-state index contributed by atoms with van der Waals surface area (Å²) in [5.74, 6) is 0. The Morgan fingerprint density at radius 1 is 1.28 bits per heavy atom. The minimum absolute atomic E-state index is 0.738. The van der Waals surface area contributed by atoms with Gasteiger partial charge in [0.1, 0.15) is 6.07 Å². The van der Waals surface area contributed by atoms with Gasteiger partial charge < -0.3 is 4.57 Å². The van der Waals surface area contributed by atoms with Crippen LogP contribution in [0.2, 0.25) is 0 Å². The van der Waals surface area contributed by atoms with Crippen molar-refractivity contribution in [3.05, 3.63) is 46.1 Å². The number of rotatable bonds is 3. The highest BCUT2D eigenvalue weighted by atomic mass is 79.9. The molecule has 18 heavy (non-hydrogen) atoms. The van der Waals surface area contributed by atoms with Gasteiger partial charge in [-0.3, -0.25) is 0 Å². The van der Waals surface area contributed by atoms with Gasteiger partial charge in [-0.25, -0.2) is 0 Å². The minimum atomic E-state index is 0.738. The molecule has 92 valence electrons. The van der Waals surface area contributed by atoms with Crippen molar-refractivity contribution in [1.82, 2.24) is 4.57 Å². The maximum Gasteiger partial charge on any atom is 0.102 e. The molecule has 0 amide bonds. The summed E-state index contributed by atoms with van der Waals surface area (Å²) >= 11 is 3.58. The quantitative estimate of drug-likeness (QED) is 0.820. The average molecular weight is 303 g/mol. The molecule has 0 unspecified atom stereocenters. The van der Waals surface area contributed by atoms with E-state index in [2.05, 4.69) is 45.6 Å². The van der Waals surface area contributed by atoms with Gasteiger partial charge in [0.05, 0.1) is 15.7 Å². The van der Waals surface area contributed by atoms with Crippen molar-refractivity contribution in [2.24, 2.45) is 0 Å². The summed E-state index contributed by atoms with van der Waals surface area (Å²) in [6.07, 6.45) is 1.05. The molecular weight excluding hydrogens is 288 g/mol. The number of nitriles is 1. The molecule has 0 aliphatic heterocycles. The highest BCUT2D eigenvalue weighted by molar-refractivity contribution is 9.10. The second-order valence-corrected chi connectivity index (χ2v) is 5.05. The zero-order chi connectivity index (χ0) is 13.1. The topological polar surface area (TPSA) is 28.7 Å². The van der Waals surface area contributed by atoms with Gasteiger partial charge in [0, 0.05) is 12.2 Å². The van der Waals surface area contributed by atoms with Crippen LogP contribution < -0.4 is 0 Å². The van der Waals surface area contributed by atoms with E-state index in [0.717, 1.165) is 40.0 Å². The molecule has 0 atom stereocenters. The van der Waals surface area contributed by atoms with E-state index in [0.29, 0.717) is 0 Å². The number of aromatic nitrogens is 1. The summed E-state index contributed by atoms with van der Waals surface area (Å²) in [6.45, 7) is 5.08. The maximum atomic E-state index is 9.26. The normalized spacial score (nSPS) is 10.3. The number of hydrogen-bond donors (Lipinski definition) is 0. The van der Waals surface area contributed by atoms with E-state index in [1.807, 2.05) is 25.1 Å². The van der Waals surface area contributed by atoms with Crippen LogP contribution in [0, 0.1) is 18.3 Å². The zero-order valence-electron chi connectivity index (χ0n) is 10.6. The summed E-state index contributed by atoms with van der Waals surface area (Å²) in [4.78, 5) is 0. The van der Waals surface area contributed by atoms with Gasteiger partial charge in [-0.1, -0.05) is 37.3 Å². The van der Waals surface area contributed by atoms with Crippen molar-refractivity contribution in [3.63, 3.8) is 0 Å². The molecule has 0 bridgehead atoms. The minimum Gasteiger partial charge on any atom is -0.343 e. The molecular formula is C15H15BrN2. The Balaban J connectivity index is 2.70. The molecule has 0 radical (unpaired) electrons. The van der Waals surface area contributed by atoms with Crippen LogP contribution in [-0.4, -0.2) is 4.57 Å². The third kappa shape index (κ3) is 2.09. The van der Waals surface area contributed by atoms with Crippen LogP contribution in [0.1, 0.15) is 24.6 Å². The van der Waals surface area contributed by atoms with E-state index in [1.165, 1.54) is 0 Å². The van der Waals surface area contributed by atoms with Gasteiger partial charge in [-0.05, 0) is 34.8 Å². The Labute approximate surface area is 116 Å². The smallest absolute Gasteiger partial charge is 0.102 e. The van der Waals surface area contributed by atoms with Crippen molar-refractivity contribution < 1.29 is 0 Å². The first-order chi connectivity index (χ1) is 8.70. The molecule has 1 heterocycles. The third-order valence-corrected chi connectivity index (χ3v) is 3.84. The highest BCUT2D eigenvalue weighted by Gasteiger charge is 2.18. The summed E-state index contributed by atoms with van der Waals surface area (Å²) in [6, 6.07) is 12.5. The lowest BCUT2D eigenvalue weighted by atomic mass is 10.1. The fourth-order valence-electron chi connectivity index (χ4n) is 2.21. The van der Waals surface area contributed by atoms with Crippen molar-refractivity contribution in [1.29, 1.82) is 5.26 Å². The van der Waals surface area contributed by atoms with Crippen molar-refractivity contribution in [3.8, 4) is 17.3 Å². The number of hydrogen-bond acceptors (Lipinski definition) is 1. The third-order valence-electron chi connectivity index (χ3n) is 3.07. The fraction of sp³-hybridized carbons (Fsp3) is 0.267. The van der Waals surface area contributed by atoms with Crippen molar-refractivity contribution >= 4 is 15.9 Å². The maximum absolute atomic E-state index is 9.26. The molecule has 3 heteroatoms. The van der Waals surface area contributed by atoms with E-state index in [-0.39, 0.29) is 0 Å². The lowest BCUT2D eigenvalue weighted by Crippen LogP contribution is -2.01. The van der Waals surface area contributed by atoms with Gasteiger partial charge in [0.2, 0.25) is 0 Å². The molecule has 0 saturated carbocycles. The summed E-state index contributed by atoms with van der Waals surface area (Å²) in [7, 11) is 0. The summed E-state index contributed by atoms with van der Waals surface area (Å²) in [5.41, 5.74) is 4.02. The summed E-state index contributed by atoms with van der Waals surface area (Å²) in [5, 5.41) is 9.26. The van der Waals surface area contributed by atoms with E-state index >= 15 is 0 Å². The molecule has 2 nitrogen and oxygen atoms in total. The second-order valence-electron chi connectivity index (χ2n) is 4.25. The molecule has 0 aliphatic rings. The van der Waals surface area contributed by atoms with Crippen LogP contribution in [0.3, 0.4) is 0 Å². The van der Waals surface area contributed by atoms with E-state index < -0.39 is 0 Å². The van der Waals surface area contributed by atoms with Crippen LogP contribution in [-0.2, 0) is 6.54 Å². The predicted molar refractivity (Wildman–Crippen MR) is 77.3 cm³/mol. The first-order valence-corrected chi connectivity index (χ1v) is 6.84. The zero-order valence-corrected chi connectivity index (χ0v) is 12.2.